The van der Waals surface area contributed by atoms with Gasteiger partial charge in [-0.2, -0.15) is 0 Å². The van der Waals surface area contributed by atoms with Gasteiger partial charge in [0.25, 0.3) is 0 Å². The van der Waals surface area contributed by atoms with E-state index >= 15 is 0 Å². The van der Waals surface area contributed by atoms with Crippen LogP contribution in [-0.2, 0) is 4.79 Å². The topological polar surface area (TPSA) is 70.2 Å². The Kier molecular flexibility index (Phi) is 4.92. The van der Waals surface area contributed by atoms with E-state index in [-0.39, 0.29) is 11.9 Å². The summed E-state index contributed by atoms with van der Waals surface area (Å²) in [4.78, 5) is 23.3. The van der Waals surface area contributed by atoms with Gasteiger partial charge >= 0.3 is 6.03 Å². The molecule has 0 heterocycles. The third kappa shape index (κ3) is 4.99. The van der Waals surface area contributed by atoms with Crippen molar-refractivity contribution in [3.05, 3.63) is 24.3 Å². The first kappa shape index (κ1) is 15.0. The number of hydrogen-bond donors (Lipinski definition) is 3. The number of carbonyl (C=O) groups excluding carboxylic acids is 2. The molecule has 1 aromatic carbocycles. The maximum absolute atomic E-state index is 11.9. The van der Waals surface area contributed by atoms with Gasteiger partial charge in [0.15, 0.2) is 0 Å². The molecule has 0 unspecified atom stereocenters. The lowest BCUT2D eigenvalue weighted by Gasteiger charge is -2.18. The molecule has 5 heteroatoms. The van der Waals surface area contributed by atoms with Gasteiger partial charge in [0.2, 0.25) is 5.91 Å². The highest BCUT2D eigenvalue weighted by molar-refractivity contribution is 5.96. The van der Waals surface area contributed by atoms with Crippen molar-refractivity contribution in [2.75, 3.05) is 17.2 Å². The average Bonchev–Trinajstić information content (AvgIpc) is 2.28. The second-order valence-electron chi connectivity index (χ2n) is 5.27. The second kappa shape index (κ2) is 6.22. The summed E-state index contributed by atoms with van der Waals surface area (Å²) in [7, 11) is 0. The lowest BCUT2D eigenvalue weighted by molar-refractivity contribution is -0.123. The first-order chi connectivity index (χ1) is 8.82. The predicted molar refractivity (Wildman–Crippen MR) is 77.2 cm³/mol. The minimum Gasteiger partial charge on any atom is -0.338 e. The lowest BCUT2D eigenvalue weighted by atomic mass is 9.95. The van der Waals surface area contributed by atoms with E-state index in [1.807, 2.05) is 27.7 Å². The number of urea groups is 1. The Hall–Kier alpha value is -2.04. The molecule has 0 aliphatic carbocycles. The van der Waals surface area contributed by atoms with E-state index < -0.39 is 5.41 Å². The van der Waals surface area contributed by atoms with Gasteiger partial charge in [-0.15, -0.1) is 0 Å². The van der Waals surface area contributed by atoms with Crippen molar-refractivity contribution in [1.29, 1.82) is 0 Å². The second-order valence-corrected chi connectivity index (χ2v) is 5.27. The Balaban J connectivity index is 2.72. The molecular formula is C14H21N3O2. The molecule has 19 heavy (non-hydrogen) atoms. The standard InChI is InChI=1S/C14H21N3O2/c1-5-15-13(19)17-11-8-6-7-10(9-11)16-12(18)14(2,3)4/h6-9H,5H2,1-4H3,(H,16,18)(H2,15,17,19). The van der Waals surface area contributed by atoms with Crippen LogP contribution in [-0.4, -0.2) is 18.5 Å². The zero-order chi connectivity index (χ0) is 14.5. The molecule has 0 saturated heterocycles. The van der Waals surface area contributed by atoms with Crippen molar-refractivity contribution >= 4 is 23.3 Å². The summed E-state index contributed by atoms with van der Waals surface area (Å²) in [5.74, 6) is -0.0670. The number of carbonyl (C=O) groups is 2. The molecule has 104 valence electrons. The number of anilines is 2. The summed E-state index contributed by atoms with van der Waals surface area (Å²) in [6.45, 7) is 7.95. The van der Waals surface area contributed by atoms with Crippen molar-refractivity contribution in [1.82, 2.24) is 5.32 Å². The van der Waals surface area contributed by atoms with Gasteiger partial charge < -0.3 is 16.0 Å². The van der Waals surface area contributed by atoms with E-state index in [0.29, 0.717) is 17.9 Å². The van der Waals surface area contributed by atoms with Gasteiger partial charge in [-0.05, 0) is 25.1 Å². The molecule has 3 amide bonds. The van der Waals surface area contributed by atoms with Crippen LogP contribution in [0.3, 0.4) is 0 Å². The smallest absolute Gasteiger partial charge is 0.319 e. The van der Waals surface area contributed by atoms with Gasteiger partial charge in [0.1, 0.15) is 0 Å². The van der Waals surface area contributed by atoms with E-state index in [2.05, 4.69) is 16.0 Å². The average molecular weight is 263 g/mol. The molecule has 0 atom stereocenters. The Morgan fingerprint density at radius 1 is 1.11 bits per heavy atom. The Bertz CT molecular complexity index is 464. The highest BCUT2D eigenvalue weighted by Gasteiger charge is 2.21. The van der Waals surface area contributed by atoms with E-state index in [1.54, 1.807) is 24.3 Å². The molecule has 0 saturated carbocycles. The summed E-state index contributed by atoms with van der Waals surface area (Å²) in [6, 6.07) is 6.79. The molecule has 3 N–H and O–H groups in total. The van der Waals surface area contributed by atoms with Crippen molar-refractivity contribution in [2.45, 2.75) is 27.7 Å². The van der Waals surface area contributed by atoms with Crippen LogP contribution in [0.1, 0.15) is 27.7 Å². The molecular weight excluding hydrogens is 242 g/mol. The summed E-state index contributed by atoms with van der Waals surface area (Å²) in [5.41, 5.74) is 0.843. The Labute approximate surface area is 113 Å². The fraction of sp³-hybridized carbons (Fsp3) is 0.429. The van der Waals surface area contributed by atoms with Gasteiger partial charge in [0, 0.05) is 23.3 Å². The zero-order valence-electron chi connectivity index (χ0n) is 11.8. The molecule has 5 nitrogen and oxygen atoms in total. The molecule has 0 bridgehead atoms. The first-order valence-electron chi connectivity index (χ1n) is 6.29. The lowest BCUT2D eigenvalue weighted by Crippen LogP contribution is -2.29. The number of rotatable bonds is 3. The van der Waals surface area contributed by atoms with Gasteiger partial charge in [-0.1, -0.05) is 26.8 Å². The van der Waals surface area contributed by atoms with Crippen LogP contribution >= 0.6 is 0 Å². The summed E-state index contributed by atoms with van der Waals surface area (Å²) >= 11 is 0. The molecule has 0 aromatic heterocycles. The van der Waals surface area contributed by atoms with Crippen molar-refractivity contribution in [3.8, 4) is 0 Å². The molecule has 0 spiro atoms. The maximum Gasteiger partial charge on any atom is 0.319 e. The highest BCUT2D eigenvalue weighted by Crippen LogP contribution is 2.19. The largest absolute Gasteiger partial charge is 0.338 e. The van der Waals surface area contributed by atoms with E-state index in [9.17, 15) is 9.59 Å². The molecule has 0 aliphatic heterocycles. The fourth-order valence-electron chi connectivity index (χ4n) is 1.33. The third-order valence-electron chi connectivity index (χ3n) is 2.40. The maximum atomic E-state index is 11.9. The summed E-state index contributed by atoms with van der Waals surface area (Å²) in [6.07, 6.45) is 0. The van der Waals surface area contributed by atoms with E-state index in [4.69, 9.17) is 0 Å². The quantitative estimate of drug-likeness (QED) is 0.784. The van der Waals surface area contributed by atoms with Crippen molar-refractivity contribution < 1.29 is 9.59 Å². The summed E-state index contributed by atoms with van der Waals surface area (Å²) < 4.78 is 0. The van der Waals surface area contributed by atoms with Crippen LogP contribution in [0.15, 0.2) is 24.3 Å². The normalized spacial score (nSPS) is 10.7. The van der Waals surface area contributed by atoms with Crippen LogP contribution < -0.4 is 16.0 Å². The van der Waals surface area contributed by atoms with Gasteiger partial charge in [0.05, 0.1) is 0 Å². The molecule has 1 rings (SSSR count). The van der Waals surface area contributed by atoms with Crippen LogP contribution in [0.5, 0.6) is 0 Å². The monoisotopic (exact) mass is 263 g/mol. The van der Waals surface area contributed by atoms with Crippen LogP contribution in [0.4, 0.5) is 16.2 Å². The van der Waals surface area contributed by atoms with E-state index in [1.165, 1.54) is 0 Å². The number of nitrogens with one attached hydrogen (secondary N) is 3. The number of amides is 3. The molecule has 0 radical (unpaired) electrons. The molecule has 0 aliphatic rings. The van der Waals surface area contributed by atoms with Crippen molar-refractivity contribution in [2.24, 2.45) is 5.41 Å². The zero-order valence-corrected chi connectivity index (χ0v) is 11.8. The number of hydrogen-bond acceptors (Lipinski definition) is 2. The fourth-order valence-corrected chi connectivity index (χ4v) is 1.33. The SMILES string of the molecule is CCNC(=O)Nc1cccc(NC(=O)C(C)(C)C)c1. The predicted octanol–water partition coefficient (Wildman–Crippen LogP) is 2.81. The van der Waals surface area contributed by atoms with E-state index in [0.717, 1.165) is 0 Å². The third-order valence-corrected chi connectivity index (χ3v) is 2.40. The van der Waals surface area contributed by atoms with Crippen LogP contribution in [0.2, 0.25) is 0 Å². The number of benzene rings is 1. The molecule has 1 aromatic rings. The first-order valence-corrected chi connectivity index (χ1v) is 6.29. The minimum absolute atomic E-state index is 0.0670. The van der Waals surface area contributed by atoms with Crippen LogP contribution in [0.25, 0.3) is 0 Å². The Morgan fingerprint density at radius 3 is 2.21 bits per heavy atom. The summed E-state index contributed by atoms with van der Waals surface area (Å²) in [5, 5.41) is 8.15. The van der Waals surface area contributed by atoms with Crippen LogP contribution in [0, 0.1) is 5.41 Å². The highest BCUT2D eigenvalue weighted by atomic mass is 16.2. The minimum atomic E-state index is -0.455. The van der Waals surface area contributed by atoms with Crippen molar-refractivity contribution in [3.63, 3.8) is 0 Å². The van der Waals surface area contributed by atoms with Gasteiger partial charge in [-0.25, -0.2) is 4.79 Å². The molecule has 0 fully saturated rings. The Morgan fingerprint density at radius 2 is 1.68 bits per heavy atom. The van der Waals surface area contributed by atoms with Gasteiger partial charge in [-0.3, -0.25) is 4.79 Å².